The largest absolute Gasteiger partial charge is 0.348 e. The third-order valence-corrected chi connectivity index (χ3v) is 5.41. The number of hydrogen-bond acceptors (Lipinski definition) is 6. The molecule has 7 nitrogen and oxygen atoms in total. The molecule has 1 aliphatic rings. The van der Waals surface area contributed by atoms with E-state index in [4.69, 9.17) is 0 Å². The topological polar surface area (TPSA) is 82.2 Å². The van der Waals surface area contributed by atoms with Crippen molar-refractivity contribution in [3.05, 3.63) is 89.6 Å². The summed E-state index contributed by atoms with van der Waals surface area (Å²) < 4.78 is 13.4. The van der Waals surface area contributed by atoms with Gasteiger partial charge in [0, 0.05) is 51.3 Å². The Hall–Kier alpha value is -3.36. The lowest BCUT2D eigenvalue weighted by molar-refractivity contribution is 0.0950. The summed E-state index contributed by atoms with van der Waals surface area (Å²) in [5, 5.41) is 9.81. The van der Waals surface area contributed by atoms with Crippen molar-refractivity contribution in [1.29, 1.82) is 0 Å². The van der Waals surface area contributed by atoms with Gasteiger partial charge in [0.2, 0.25) is 0 Å². The number of rotatable bonds is 8. The number of carbonyl (C=O) groups excluding carboxylic acids is 1. The number of piperazine rings is 1. The maximum absolute atomic E-state index is 13.4. The molecule has 3 aromatic rings. The first kappa shape index (κ1) is 21.9. The Kier molecular flexibility index (Phi) is 7.37. The van der Waals surface area contributed by atoms with Crippen LogP contribution in [-0.4, -0.2) is 48.2 Å². The molecule has 2 aromatic heterocycles. The van der Waals surface area contributed by atoms with E-state index in [2.05, 4.69) is 30.8 Å². The van der Waals surface area contributed by atoms with Gasteiger partial charge in [0.05, 0.1) is 11.7 Å². The van der Waals surface area contributed by atoms with Gasteiger partial charge in [-0.25, -0.2) is 9.37 Å². The monoisotopic (exact) mass is 434 g/mol. The number of pyridine rings is 2. The number of carbonyl (C=O) groups is 1. The molecule has 166 valence electrons. The molecule has 3 N–H and O–H groups in total. The average molecular weight is 435 g/mol. The number of nitrogens with one attached hydrogen (secondary N) is 3. The number of hydrogen-bond donors (Lipinski definition) is 3. The molecule has 8 heteroatoms. The average Bonchev–Trinajstić information content (AvgIpc) is 2.84. The molecule has 0 aliphatic carbocycles. The smallest absolute Gasteiger partial charge is 0.253 e. The molecule has 1 aliphatic heterocycles. The van der Waals surface area contributed by atoms with Crippen molar-refractivity contribution in [2.24, 2.45) is 0 Å². The molecular weight excluding hydrogens is 407 g/mol. The Bertz CT molecular complexity index is 1010. The molecule has 1 fully saturated rings. The summed E-state index contributed by atoms with van der Waals surface area (Å²) in [7, 11) is 0. The summed E-state index contributed by atoms with van der Waals surface area (Å²) in [6.45, 7) is 3.58. The maximum Gasteiger partial charge on any atom is 0.253 e. The molecule has 1 amide bonds. The van der Waals surface area contributed by atoms with Gasteiger partial charge in [-0.05, 0) is 47.9 Å². The van der Waals surface area contributed by atoms with Crippen LogP contribution in [0.4, 0.5) is 10.2 Å². The van der Waals surface area contributed by atoms with E-state index in [1.54, 1.807) is 36.8 Å². The van der Waals surface area contributed by atoms with E-state index in [9.17, 15) is 9.18 Å². The molecular formula is C24H27FN6O. The van der Waals surface area contributed by atoms with Gasteiger partial charge in [-0.3, -0.25) is 15.1 Å². The van der Waals surface area contributed by atoms with Crippen molar-refractivity contribution in [2.75, 3.05) is 31.1 Å². The van der Waals surface area contributed by atoms with E-state index >= 15 is 0 Å². The van der Waals surface area contributed by atoms with Crippen LogP contribution in [0, 0.1) is 5.82 Å². The molecule has 0 saturated carbocycles. The zero-order valence-corrected chi connectivity index (χ0v) is 17.8. The molecule has 0 bridgehead atoms. The lowest BCUT2D eigenvalue weighted by Gasteiger charge is -2.37. The summed E-state index contributed by atoms with van der Waals surface area (Å²) in [5.74, 6) is 0.439. The lowest BCUT2D eigenvalue weighted by atomic mass is 10.1. The molecule has 32 heavy (non-hydrogen) atoms. The van der Waals surface area contributed by atoms with Crippen molar-refractivity contribution in [3.63, 3.8) is 0 Å². The fourth-order valence-electron chi connectivity index (χ4n) is 3.71. The molecule has 1 unspecified atom stereocenters. The molecule has 1 aromatic carbocycles. The Balaban J connectivity index is 1.33. The second kappa shape index (κ2) is 10.8. The summed E-state index contributed by atoms with van der Waals surface area (Å²) >= 11 is 0. The summed E-state index contributed by atoms with van der Waals surface area (Å²) in [5.41, 5.74) is 2.43. The van der Waals surface area contributed by atoms with E-state index in [0.29, 0.717) is 12.1 Å². The number of benzene rings is 1. The Labute approximate surface area is 187 Å². The predicted molar refractivity (Wildman–Crippen MR) is 122 cm³/mol. The van der Waals surface area contributed by atoms with Crippen molar-refractivity contribution >= 4 is 11.7 Å². The Morgan fingerprint density at radius 1 is 1.16 bits per heavy atom. The van der Waals surface area contributed by atoms with Crippen LogP contribution in [0.25, 0.3) is 0 Å². The number of anilines is 1. The third-order valence-electron chi connectivity index (χ3n) is 5.41. The SMILES string of the molecule is O=C(NCc1cccnc1)c1ccc(N2CCNCC2NCCc2cccc(F)c2)nc1. The van der Waals surface area contributed by atoms with Gasteiger partial charge >= 0.3 is 0 Å². The van der Waals surface area contributed by atoms with Gasteiger partial charge in [0.25, 0.3) is 5.91 Å². The van der Waals surface area contributed by atoms with Crippen LogP contribution < -0.4 is 20.9 Å². The molecule has 0 spiro atoms. The summed E-state index contributed by atoms with van der Waals surface area (Å²) in [4.78, 5) is 23.2. The second-order valence-corrected chi connectivity index (χ2v) is 7.70. The van der Waals surface area contributed by atoms with Crippen molar-refractivity contribution in [1.82, 2.24) is 25.9 Å². The standard InChI is InChI=1S/C24H27FN6O/c25-21-5-1-3-18(13-21)8-10-28-23-17-27-11-12-31(23)22-7-6-20(16-29-22)24(32)30-15-19-4-2-9-26-14-19/h1-7,9,13-14,16,23,27-28H,8,10-12,15,17H2,(H,30,32). The molecule has 1 saturated heterocycles. The van der Waals surface area contributed by atoms with Crippen LogP contribution in [0.2, 0.25) is 0 Å². The minimum Gasteiger partial charge on any atom is -0.348 e. The number of nitrogens with zero attached hydrogens (tertiary/aromatic N) is 3. The fraction of sp³-hybridized carbons (Fsp3) is 0.292. The van der Waals surface area contributed by atoms with Crippen molar-refractivity contribution < 1.29 is 9.18 Å². The highest BCUT2D eigenvalue weighted by molar-refractivity contribution is 5.94. The summed E-state index contributed by atoms with van der Waals surface area (Å²) in [6.07, 6.45) is 5.85. The normalized spacial score (nSPS) is 16.0. The maximum atomic E-state index is 13.4. The van der Waals surface area contributed by atoms with Gasteiger partial charge in [-0.1, -0.05) is 18.2 Å². The van der Waals surface area contributed by atoms with Gasteiger partial charge in [-0.15, -0.1) is 0 Å². The van der Waals surface area contributed by atoms with Crippen LogP contribution in [0.1, 0.15) is 21.5 Å². The molecule has 0 radical (unpaired) electrons. The highest BCUT2D eigenvalue weighted by Gasteiger charge is 2.23. The van der Waals surface area contributed by atoms with Crippen LogP contribution in [-0.2, 0) is 13.0 Å². The molecule has 1 atom stereocenters. The van der Waals surface area contributed by atoms with E-state index in [1.165, 1.54) is 6.07 Å². The van der Waals surface area contributed by atoms with Crippen molar-refractivity contribution in [2.45, 2.75) is 19.1 Å². The predicted octanol–water partition coefficient (Wildman–Crippen LogP) is 2.11. The van der Waals surface area contributed by atoms with Crippen LogP contribution >= 0.6 is 0 Å². The number of aromatic nitrogens is 2. The molecule has 3 heterocycles. The minimum atomic E-state index is -0.211. The highest BCUT2D eigenvalue weighted by Crippen LogP contribution is 2.15. The number of amides is 1. The second-order valence-electron chi connectivity index (χ2n) is 7.70. The van der Waals surface area contributed by atoms with E-state index < -0.39 is 0 Å². The van der Waals surface area contributed by atoms with Gasteiger partial charge < -0.3 is 15.5 Å². The van der Waals surface area contributed by atoms with Gasteiger partial charge in [0.1, 0.15) is 11.6 Å². The fourth-order valence-corrected chi connectivity index (χ4v) is 3.71. The first-order valence-corrected chi connectivity index (χ1v) is 10.8. The zero-order chi connectivity index (χ0) is 22.2. The first-order valence-electron chi connectivity index (χ1n) is 10.8. The minimum absolute atomic E-state index is 0.0649. The van der Waals surface area contributed by atoms with E-state index in [1.807, 2.05) is 24.3 Å². The Morgan fingerprint density at radius 2 is 2.06 bits per heavy atom. The summed E-state index contributed by atoms with van der Waals surface area (Å²) in [6, 6.07) is 14.1. The van der Waals surface area contributed by atoms with Gasteiger partial charge in [0.15, 0.2) is 0 Å². The van der Waals surface area contributed by atoms with Crippen molar-refractivity contribution in [3.8, 4) is 0 Å². The first-order chi connectivity index (χ1) is 15.7. The van der Waals surface area contributed by atoms with Crippen LogP contribution in [0.15, 0.2) is 67.1 Å². The van der Waals surface area contributed by atoms with Crippen LogP contribution in [0.5, 0.6) is 0 Å². The quantitative estimate of drug-likeness (QED) is 0.504. The molecule has 4 rings (SSSR count). The van der Waals surface area contributed by atoms with E-state index in [0.717, 1.165) is 49.5 Å². The van der Waals surface area contributed by atoms with Crippen LogP contribution in [0.3, 0.4) is 0 Å². The zero-order valence-electron chi connectivity index (χ0n) is 17.8. The highest BCUT2D eigenvalue weighted by atomic mass is 19.1. The third kappa shape index (κ3) is 5.87. The van der Waals surface area contributed by atoms with E-state index in [-0.39, 0.29) is 17.9 Å². The number of halogens is 1. The Morgan fingerprint density at radius 3 is 2.84 bits per heavy atom. The van der Waals surface area contributed by atoms with Gasteiger partial charge in [-0.2, -0.15) is 0 Å². The lowest BCUT2D eigenvalue weighted by Crippen LogP contribution is -2.58.